The molecular formula is C20H25N5O3S. The van der Waals surface area contributed by atoms with Crippen molar-refractivity contribution in [3.8, 4) is 0 Å². The summed E-state index contributed by atoms with van der Waals surface area (Å²) in [5, 5.41) is 3.76. The lowest BCUT2D eigenvalue weighted by molar-refractivity contribution is -0.139. The van der Waals surface area contributed by atoms with Crippen molar-refractivity contribution in [2.45, 2.75) is 32.4 Å². The molecule has 154 valence electrons. The van der Waals surface area contributed by atoms with E-state index in [0.717, 1.165) is 35.1 Å². The van der Waals surface area contributed by atoms with E-state index in [1.165, 1.54) is 4.70 Å². The number of benzene rings is 1. The summed E-state index contributed by atoms with van der Waals surface area (Å²) in [6.45, 7) is 6.76. The van der Waals surface area contributed by atoms with Gasteiger partial charge in [0.15, 0.2) is 0 Å². The molecule has 0 bridgehead atoms. The fourth-order valence-corrected chi connectivity index (χ4v) is 4.71. The zero-order chi connectivity index (χ0) is 20.6. The fourth-order valence-electron chi connectivity index (χ4n) is 3.70. The van der Waals surface area contributed by atoms with Crippen LogP contribution in [0.3, 0.4) is 0 Å². The summed E-state index contributed by atoms with van der Waals surface area (Å²) in [4.78, 5) is 47.0. The third-order valence-electron chi connectivity index (χ3n) is 5.77. The monoisotopic (exact) mass is 415 g/mol. The van der Waals surface area contributed by atoms with Gasteiger partial charge in [-0.3, -0.25) is 19.4 Å². The van der Waals surface area contributed by atoms with Crippen LogP contribution in [-0.4, -0.2) is 75.8 Å². The molecule has 1 N–H and O–H groups in total. The van der Waals surface area contributed by atoms with Gasteiger partial charge in [-0.2, -0.15) is 0 Å². The molecule has 1 atom stereocenters. The van der Waals surface area contributed by atoms with Gasteiger partial charge in [0, 0.05) is 26.2 Å². The smallest absolute Gasteiger partial charge is 0.325 e. The van der Waals surface area contributed by atoms with E-state index in [0.29, 0.717) is 19.5 Å². The normalized spacial score (nSPS) is 23.1. The summed E-state index contributed by atoms with van der Waals surface area (Å²) in [6.07, 6.45) is 0.493. The number of nitrogens with one attached hydrogen (secondary N) is 1. The molecule has 2 aromatic rings. The number of hydrogen-bond acceptors (Lipinski definition) is 6. The van der Waals surface area contributed by atoms with E-state index in [1.54, 1.807) is 23.2 Å². The maximum atomic E-state index is 12.7. The first-order chi connectivity index (χ1) is 13.9. The first-order valence-corrected chi connectivity index (χ1v) is 10.7. The zero-order valence-corrected chi connectivity index (χ0v) is 17.5. The van der Waals surface area contributed by atoms with E-state index in [-0.39, 0.29) is 18.4 Å². The Bertz CT molecular complexity index is 919. The number of thiazole rings is 1. The van der Waals surface area contributed by atoms with E-state index in [2.05, 4.69) is 21.3 Å². The molecule has 2 aliphatic rings. The van der Waals surface area contributed by atoms with Crippen molar-refractivity contribution in [1.29, 1.82) is 0 Å². The second-order valence-electron chi connectivity index (χ2n) is 7.74. The van der Waals surface area contributed by atoms with Crippen LogP contribution in [-0.2, 0) is 16.1 Å². The van der Waals surface area contributed by atoms with Gasteiger partial charge in [0.2, 0.25) is 5.91 Å². The molecule has 1 aromatic heterocycles. The Labute approximate surface area is 173 Å². The molecule has 0 saturated carbocycles. The summed E-state index contributed by atoms with van der Waals surface area (Å²) in [6, 6.07) is 7.62. The zero-order valence-electron chi connectivity index (χ0n) is 16.7. The van der Waals surface area contributed by atoms with E-state index >= 15 is 0 Å². The standard InChI is InChI=1S/C20H25N5O3S/c1-3-20(2)18(27)25(19(28)22-20)13-17(26)24-10-8-23(9-11-24)12-16-21-14-6-4-5-7-15(14)29-16/h4-7H,3,8-13H2,1-2H3,(H,22,28)/t20-/m0/s1. The molecule has 0 aliphatic carbocycles. The summed E-state index contributed by atoms with van der Waals surface area (Å²) >= 11 is 1.70. The molecule has 0 radical (unpaired) electrons. The third-order valence-corrected chi connectivity index (χ3v) is 6.79. The molecule has 9 heteroatoms. The average molecular weight is 416 g/mol. The molecule has 8 nitrogen and oxygen atoms in total. The number of urea groups is 1. The number of para-hydroxylation sites is 1. The van der Waals surface area contributed by atoms with Gasteiger partial charge in [-0.05, 0) is 25.5 Å². The minimum atomic E-state index is -0.909. The highest BCUT2D eigenvalue weighted by atomic mass is 32.1. The molecule has 2 saturated heterocycles. The number of carbonyl (C=O) groups is 3. The van der Waals surface area contributed by atoms with Gasteiger partial charge in [0.25, 0.3) is 5.91 Å². The molecule has 29 heavy (non-hydrogen) atoms. The first-order valence-electron chi connectivity index (χ1n) is 9.88. The van der Waals surface area contributed by atoms with Gasteiger partial charge in [0.1, 0.15) is 17.1 Å². The van der Waals surface area contributed by atoms with Gasteiger partial charge >= 0.3 is 6.03 Å². The van der Waals surface area contributed by atoms with Crippen LogP contribution < -0.4 is 5.32 Å². The number of nitrogens with zero attached hydrogens (tertiary/aromatic N) is 4. The number of piperazine rings is 1. The van der Waals surface area contributed by atoms with Crippen LogP contribution >= 0.6 is 11.3 Å². The summed E-state index contributed by atoms with van der Waals surface area (Å²) in [5.41, 5.74) is 0.113. The largest absolute Gasteiger partial charge is 0.339 e. The predicted octanol–water partition coefficient (Wildman–Crippen LogP) is 1.66. The van der Waals surface area contributed by atoms with Crippen LogP contribution in [0.4, 0.5) is 4.79 Å². The van der Waals surface area contributed by atoms with Gasteiger partial charge < -0.3 is 10.2 Å². The maximum Gasteiger partial charge on any atom is 0.325 e. The predicted molar refractivity (Wildman–Crippen MR) is 110 cm³/mol. The van der Waals surface area contributed by atoms with Crippen LogP contribution in [0, 0.1) is 0 Å². The Morgan fingerprint density at radius 1 is 1.21 bits per heavy atom. The van der Waals surface area contributed by atoms with Crippen LogP contribution in [0.1, 0.15) is 25.3 Å². The van der Waals surface area contributed by atoms with Crippen LogP contribution in [0.25, 0.3) is 10.2 Å². The topological polar surface area (TPSA) is 85.8 Å². The number of carbonyl (C=O) groups excluding carboxylic acids is 3. The quantitative estimate of drug-likeness (QED) is 0.751. The lowest BCUT2D eigenvalue weighted by Crippen LogP contribution is -2.52. The number of imide groups is 1. The first kappa shape index (κ1) is 19.8. The lowest BCUT2D eigenvalue weighted by atomic mass is 9.99. The molecule has 3 heterocycles. The van der Waals surface area contributed by atoms with Crippen molar-refractivity contribution in [2.75, 3.05) is 32.7 Å². The molecule has 0 unspecified atom stereocenters. The number of fused-ring (bicyclic) bond motifs is 1. The Morgan fingerprint density at radius 3 is 2.59 bits per heavy atom. The SMILES string of the molecule is CC[C@]1(C)NC(=O)N(CC(=O)N2CCN(Cc3nc4ccccc4s3)CC2)C1=O. The van der Waals surface area contributed by atoms with Gasteiger partial charge in [0.05, 0.1) is 16.8 Å². The van der Waals surface area contributed by atoms with Gasteiger partial charge in [-0.25, -0.2) is 9.78 Å². The molecule has 0 spiro atoms. The lowest BCUT2D eigenvalue weighted by Gasteiger charge is -2.34. The molecule has 2 aliphatic heterocycles. The summed E-state index contributed by atoms with van der Waals surface area (Å²) < 4.78 is 1.18. The third kappa shape index (κ3) is 3.84. The second-order valence-corrected chi connectivity index (χ2v) is 8.85. The molecule has 1 aromatic carbocycles. The van der Waals surface area contributed by atoms with E-state index in [9.17, 15) is 14.4 Å². The van der Waals surface area contributed by atoms with Crippen molar-refractivity contribution >= 4 is 39.4 Å². The minimum Gasteiger partial charge on any atom is -0.339 e. The van der Waals surface area contributed by atoms with E-state index in [1.807, 2.05) is 25.1 Å². The van der Waals surface area contributed by atoms with Crippen LogP contribution in [0.2, 0.25) is 0 Å². The van der Waals surface area contributed by atoms with Crippen molar-refractivity contribution < 1.29 is 14.4 Å². The van der Waals surface area contributed by atoms with E-state index in [4.69, 9.17) is 0 Å². The average Bonchev–Trinajstić information content (AvgIpc) is 3.22. The van der Waals surface area contributed by atoms with Crippen LogP contribution in [0.5, 0.6) is 0 Å². The van der Waals surface area contributed by atoms with Crippen LogP contribution in [0.15, 0.2) is 24.3 Å². The molecule has 4 rings (SSSR count). The Morgan fingerprint density at radius 2 is 1.93 bits per heavy atom. The summed E-state index contributed by atoms with van der Waals surface area (Å²) in [7, 11) is 0. The Kier molecular flexibility index (Phi) is 5.26. The minimum absolute atomic E-state index is 0.187. The molecular weight excluding hydrogens is 390 g/mol. The summed E-state index contributed by atoms with van der Waals surface area (Å²) in [5.74, 6) is -0.513. The van der Waals surface area contributed by atoms with Gasteiger partial charge in [-0.1, -0.05) is 19.1 Å². The Hall–Kier alpha value is -2.52. The van der Waals surface area contributed by atoms with E-state index < -0.39 is 11.6 Å². The second kappa shape index (κ2) is 7.72. The van der Waals surface area contributed by atoms with Crippen molar-refractivity contribution in [3.63, 3.8) is 0 Å². The molecule has 2 fully saturated rings. The molecule has 4 amide bonds. The van der Waals surface area contributed by atoms with Crippen molar-refractivity contribution in [1.82, 2.24) is 25.0 Å². The highest BCUT2D eigenvalue weighted by Gasteiger charge is 2.47. The number of aromatic nitrogens is 1. The van der Waals surface area contributed by atoms with Gasteiger partial charge in [-0.15, -0.1) is 11.3 Å². The fraction of sp³-hybridized carbons (Fsp3) is 0.500. The highest BCUT2D eigenvalue weighted by molar-refractivity contribution is 7.18. The van der Waals surface area contributed by atoms with Crippen molar-refractivity contribution in [3.05, 3.63) is 29.3 Å². The Balaban J connectivity index is 1.30. The number of hydrogen-bond donors (Lipinski definition) is 1. The maximum absolute atomic E-state index is 12.7. The number of amides is 4. The van der Waals surface area contributed by atoms with Crippen molar-refractivity contribution in [2.24, 2.45) is 0 Å². The highest BCUT2D eigenvalue weighted by Crippen LogP contribution is 2.23. The number of rotatable bonds is 5.